The van der Waals surface area contributed by atoms with Gasteiger partial charge < -0.3 is 15.3 Å². The zero-order valence-electron chi connectivity index (χ0n) is 9.53. The highest BCUT2D eigenvalue weighted by atomic mass is 79.9. The van der Waals surface area contributed by atoms with Crippen molar-refractivity contribution in [1.82, 2.24) is 10.2 Å². The van der Waals surface area contributed by atoms with E-state index in [-0.39, 0.29) is 23.8 Å². The van der Waals surface area contributed by atoms with Crippen LogP contribution in [0.25, 0.3) is 0 Å². The van der Waals surface area contributed by atoms with E-state index in [1.165, 1.54) is 17.0 Å². The third-order valence-corrected chi connectivity index (χ3v) is 2.60. The number of amides is 2. The van der Waals surface area contributed by atoms with Gasteiger partial charge in [-0.1, -0.05) is 15.9 Å². The average Bonchev–Trinajstić information content (AvgIpc) is 2.28. The van der Waals surface area contributed by atoms with Crippen LogP contribution in [0.2, 0.25) is 0 Å². The molecule has 0 fully saturated rings. The number of nitrogens with zero attached hydrogens (tertiary/aromatic N) is 1. The third kappa shape index (κ3) is 3.74. The molecular weight excluding hydrogens is 288 g/mol. The monoisotopic (exact) mass is 300 g/mol. The van der Waals surface area contributed by atoms with Crippen molar-refractivity contribution in [2.45, 2.75) is 0 Å². The second kappa shape index (κ2) is 5.67. The number of likely N-dealkylation sites (N-methyl/N-ethyl adjacent to an activating group) is 1. The van der Waals surface area contributed by atoms with E-state index < -0.39 is 5.91 Å². The van der Waals surface area contributed by atoms with Gasteiger partial charge in [0.1, 0.15) is 5.75 Å². The Labute approximate surface area is 108 Å². The summed E-state index contributed by atoms with van der Waals surface area (Å²) in [4.78, 5) is 24.3. The van der Waals surface area contributed by atoms with Gasteiger partial charge in [0.05, 0.1) is 12.1 Å². The van der Waals surface area contributed by atoms with E-state index in [9.17, 15) is 14.7 Å². The molecule has 0 heterocycles. The van der Waals surface area contributed by atoms with Gasteiger partial charge in [-0.3, -0.25) is 9.59 Å². The van der Waals surface area contributed by atoms with Crippen LogP contribution in [0.3, 0.4) is 0 Å². The van der Waals surface area contributed by atoms with Crippen molar-refractivity contribution in [3.8, 4) is 5.75 Å². The highest BCUT2D eigenvalue weighted by Crippen LogP contribution is 2.21. The summed E-state index contributed by atoms with van der Waals surface area (Å²) < 4.78 is 0.680. The molecule has 0 saturated heterocycles. The number of carbonyl (C=O) groups is 2. The Morgan fingerprint density at radius 2 is 2.06 bits per heavy atom. The van der Waals surface area contributed by atoms with Crippen LogP contribution in [0.5, 0.6) is 5.75 Å². The molecule has 0 bridgehead atoms. The molecule has 92 valence electrons. The molecule has 0 atom stereocenters. The lowest BCUT2D eigenvalue weighted by Crippen LogP contribution is -2.36. The van der Waals surface area contributed by atoms with Crippen molar-refractivity contribution in [2.24, 2.45) is 0 Å². The Bertz CT molecular complexity index is 446. The van der Waals surface area contributed by atoms with Gasteiger partial charge >= 0.3 is 0 Å². The maximum absolute atomic E-state index is 11.7. The molecule has 2 N–H and O–H groups in total. The molecular formula is C11H13BrN2O3. The number of hydrogen-bond donors (Lipinski definition) is 2. The third-order valence-electron chi connectivity index (χ3n) is 2.10. The largest absolute Gasteiger partial charge is 0.507 e. The summed E-state index contributed by atoms with van der Waals surface area (Å²) in [6, 6.07) is 4.52. The highest BCUT2D eigenvalue weighted by molar-refractivity contribution is 9.10. The van der Waals surface area contributed by atoms with E-state index in [1.54, 1.807) is 20.2 Å². The second-order valence-corrected chi connectivity index (χ2v) is 4.55. The standard InChI is InChI=1S/C11H13BrN2O3/c1-14(2)10(16)6-13-11(17)8-5-7(12)3-4-9(8)15/h3-5,15H,6H2,1-2H3,(H,13,17). The number of carbonyl (C=O) groups excluding carboxylic acids is 2. The Kier molecular flexibility index (Phi) is 4.51. The maximum Gasteiger partial charge on any atom is 0.255 e. The Hall–Kier alpha value is -1.56. The van der Waals surface area contributed by atoms with E-state index in [1.807, 2.05) is 0 Å². The summed E-state index contributed by atoms with van der Waals surface area (Å²) in [6.45, 7) is -0.0994. The number of halogens is 1. The molecule has 0 aliphatic carbocycles. The lowest BCUT2D eigenvalue weighted by molar-refractivity contribution is -0.127. The Balaban J connectivity index is 2.70. The number of hydrogen-bond acceptors (Lipinski definition) is 3. The summed E-state index contributed by atoms with van der Waals surface area (Å²) in [5.74, 6) is -0.824. The van der Waals surface area contributed by atoms with E-state index in [0.717, 1.165) is 0 Å². The minimum atomic E-state index is -0.487. The number of phenolic OH excluding ortho intramolecular Hbond substituents is 1. The fraction of sp³-hybridized carbons (Fsp3) is 0.273. The van der Waals surface area contributed by atoms with Crippen LogP contribution in [0.15, 0.2) is 22.7 Å². The van der Waals surface area contributed by atoms with Gasteiger partial charge in [0.2, 0.25) is 5.91 Å². The minimum absolute atomic E-state index is 0.0994. The van der Waals surface area contributed by atoms with E-state index in [2.05, 4.69) is 21.2 Å². The number of aromatic hydroxyl groups is 1. The van der Waals surface area contributed by atoms with Gasteiger partial charge in [-0.2, -0.15) is 0 Å². The predicted octanol–water partition coefficient (Wildman–Crippen LogP) is 0.973. The smallest absolute Gasteiger partial charge is 0.255 e. The Morgan fingerprint density at radius 3 is 2.65 bits per heavy atom. The van der Waals surface area contributed by atoms with Crippen molar-refractivity contribution in [3.63, 3.8) is 0 Å². The van der Waals surface area contributed by atoms with Gasteiger partial charge in [0, 0.05) is 18.6 Å². The van der Waals surface area contributed by atoms with E-state index >= 15 is 0 Å². The highest BCUT2D eigenvalue weighted by Gasteiger charge is 2.13. The fourth-order valence-corrected chi connectivity index (χ4v) is 1.46. The first kappa shape index (κ1) is 13.5. The van der Waals surface area contributed by atoms with Gasteiger partial charge in [-0.05, 0) is 18.2 Å². The minimum Gasteiger partial charge on any atom is -0.507 e. The Morgan fingerprint density at radius 1 is 1.41 bits per heavy atom. The summed E-state index contributed by atoms with van der Waals surface area (Å²) in [5, 5.41) is 11.9. The van der Waals surface area contributed by atoms with Gasteiger partial charge in [0.25, 0.3) is 5.91 Å². The molecule has 6 heteroatoms. The summed E-state index contributed by atoms with van der Waals surface area (Å²) in [5.41, 5.74) is 0.130. The zero-order chi connectivity index (χ0) is 13.0. The van der Waals surface area contributed by atoms with Crippen molar-refractivity contribution < 1.29 is 14.7 Å². The molecule has 2 amide bonds. The first-order valence-corrected chi connectivity index (χ1v) is 5.68. The number of benzene rings is 1. The summed E-state index contributed by atoms with van der Waals surface area (Å²) >= 11 is 3.20. The molecule has 0 radical (unpaired) electrons. The SMILES string of the molecule is CN(C)C(=O)CNC(=O)c1cc(Br)ccc1O. The average molecular weight is 301 g/mol. The normalized spacial score (nSPS) is 9.82. The summed E-state index contributed by atoms with van der Waals surface area (Å²) in [6.07, 6.45) is 0. The van der Waals surface area contributed by atoms with Gasteiger partial charge in [-0.25, -0.2) is 0 Å². The topological polar surface area (TPSA) is 69.6 Å². The van der Waals surface area contributed by atoms with Crippen LogP contribution in [-0.4, -0.2) is 42.5 Å². The van der Waals surface area contributed by atoms with Crippen molar-refractivity contribution >= 4 is 27.7 Å². The predicted molar refractivity (Wildman–Crippen MR) is 66.8 cm³/mol. The van der Waals surface area contributed by atoms with E-state index in [4.69, 9.17) is 0 Å². The lowest BCUT2D eigenvalue weighted by Gasteiger charge is -2.11. The first-order chi connectivity index (χ1) is 7.91. The van der Waals surface area contributed by atoms with Crippen molar-refractivity contribution in [1.29, 1.82) is 0 Å². The van der Waals surface area contributed by atoms with Crippen LogP contribution in [0.1, 0.15) is 10.4 Å². The quantitative estimate of drug-likeness (QED) is 0.874. The molecule has 0 spiro atoms. The molecule has 0 unspecified atom stereocenters. The van der Waals surface area contributed by atoms with E-state index in [0.29, 0.717) is 4.47 Å². The molecule has 0 aliphatic heterocycles. The number of rotatable bonds is 3. The van der Waals surface area contributed by atoms with Crippen molar-refractivity contribution in [2.75, 3.05) is 20.6 Å². The molecule has 1 aromatic carbocycles. The molecule has 0 aliphatic rings. The van der Waals surface area contributed by atoms with Crippen LogP contribution in [0.4, 0.5) is 0 Å². The lowest BCUT2D eigenvalue weighted by atomic mass is 10.2. The molecule has 0 saturated carbocycles. The van der Waals surface area contributed by atoms with Gasteiger partial charge in [0.15, 0.2) is 0 Å². The van der Waals surface area contributed by atoms with Crippen LogP contribution >= 0.6 is 15.9 Å². The number of phenols is 1. The fourth-order valence-electron chi connectivity index (χ4n) is 1.10. The zero-order valence-corrected chi connectivity index (χ0v) is 11.1. The van der Waals surface area contributed by atoms with Gasteiger partial charge in [-0.15, -0.1) is 0 Å². The second-order valence-electron chi connectivity index (χ2n) is 3.63. The molecule has 1 aromatic rings. The van der Waals surface area contributed by atoms with Crippen LogP contribution in [-0.2, 0) is 4.79 Å². The summed E-state index contributed by atoms with van der Waals surface area (Å²) in [7, 11) is 3.20. The molecule has 5 nitrogen and oxygen atoms in total. The van der Waals surface area contributed by atoms with Crippen LogP contribution < -0.4 is 5.32 Å². The molecule has 17 heavy (non-hydrogen) atoms. The van der Waals surface area contributed by atoms with Crippen molar-refractivity contribution in [3.05, 3.63) is 28.2 Å². The first-order valence-electron chi connectivity index (χ1n) is 4.88. The maximum atomic E-state index is 11.7. The van der Waals surface area contributed by atoms with Crippen LogP contribution in [0, 0.1) is 0 Å². The number of nitrogens with one attached hydrogen (secondary N) is 1. The molecule has 0 aromatic heterocycles. The molecule has 1 rings (SSSR count).